The second-order valence-corrected chi connectivity index (χ2v) is 7.83. The average Bonchev–Trinajstić information content (AvgIpc) is 2.80. The fourth-order valence-corrected chi connectivity index (χ4v) is 3.69. The molecule has 0 amide bonds. The van der Waals surface area contributed by atoms with Gasteiger partial charge in [0.05, 0.1) is 0 Å². The summed E-state index contributed by atoms with van der Waals surface area (Å²) in [5.74, 6) is -0.123. The topological polar surface area (TPSA) is 0 Å². The molecule has 0 radical (unpaired) electrons. The molecule has 0 nitrogen and oxygen atoms in total. The Hall–Kier alpha value is -3.52. The van der Waals surface area contributed by atoms with E-state index in [2.05, 4.69) is 55.5 Å². The van der Waals surface area contributed by atoms with Crippen LogP contribution in [-0.4, -0.2) is 0 Å². The minimum atomic E-state index is -0.284. The van der Waals surface area contributed by atoms with Crippen LogP contribution in [0.5, 0.6) is 0 Å². The van der Waals surface area contributed by atoms with Crippen molar-refractivity contribution in [2.45, 2.75) is 19.3 Å². The summed E-state index contributed by atoms with van der Waals surface area (Å²) in [6.07, 6.45) is 4.45. The van der Waals surface area contributed by atoms with Crippen molar-refractivity contribution in [3.63, 3.8) is 0 Å². The minimum Gasteiger partial charge on any atom is -0.207 e. The molecular weight excluding hydrogens is 386 g/mol. The van der Waals surface area contributed by atoms with Gasteiger partial charge in [0.15, 0.2) is 0 Å². The van der Waals surface area contributed by atoms with Gasteiger partial charge in [-0.2, -0.15) is 0 Å². The third kappa shape index (κ3) is 5.35. The van der Waals surface area contributed by atoms with E-state index in [1.165, 1.54) is 23.3 Å². The molecule has 2 heteroatoms. The van der Waals surface area contributed by atoms with Gasteiger partial charge in [0.2, 0.25) is 0 Å². The largest absolute Gasteiger partial charge is 0.207 e. The average molecular weight is 411 g/mol. The number of rotatable bonds is 6. The van der Waals surface area contributed by atoms with Gasteiger partial charge in [-0.3, -0.25) is 0 Å². The molecule has 0 spiro atoms. The van der Waals surface area contributed by atoms with E-state index in [9.17, 15) is 8.78 Å². The molecule has 0 aliphatic rings. The molecule has 0 fully saturated rings. The van der Waals surface area contributed by atoms with Crippen LogP contribution in [0.3, 0.4) is 0 Å². The number of halogens is 2. The molecule has 0 aliphatic heterocycles. The predicted molar refractivity (Wildman–Crippen MR) is 126 cm³/mol. The van der Waals surface area contributed by atoms with E-state index < -0.39 is 0 Å². The van der Waals surface area contributed by atoms with Gasteiger partial charge in [0.1, 0.15) is 11.6 Å². The van der Waals surface area contributed by atoms with Gasteiger partial charge in [0.25, 0.3) is 0 Å². The van der Waals surface area contributed by atoms with Crippen LogP contribution in [0.25, 0.3) is 23.3 Å². The van der Waals surface area contributed by atoms with Crippen LogP contribution in [-0.2, 0) is 6.42 Å². The molecule has 0 aromatic heterocycles. The maximum atomic E-state index is 14.6. The quantitative estimate of drug-likeness (QED) is 0.281. The van der Waals surface area contributed by atoms with Crippen LogP contribution in [0, 0.1) is 11.6 Å². The lowest BCUT2D eigenvalue weighted by Gasteiger charge is -2.12. The summed E-state index contributed by atoms with van der Waals surface area (Å²) in [7, 11) is 0. The van der Waals surface area contributed by atoms with Crippen molar-refractivity contribution in [1.29, 1.82) is 0 Å². The monoisotopic (exact) mass is 410 g/mol. The molecule has 0 bridgehead atoms. The molecule has 4 aromatic carbocycles. The normalized spacial score (nSPS) is 12.2. The third-order valence-corrected chi connectivity index (χ3v) is 5.52. The van der Waals surface area contributed by atoms with Crippen LogP contribution >= 0.6 is 0 Å². The Labute approximate surface area is 182 Å². The van der Waals surface area contributed by atoms with Gasteiger partial charge in [0, 0.05) is 5.56 Å². The van der Waals surface area contributed by atoms with Gasteiger partial charge in [-0.15, -0.1) is 0 Å². The Balaban J connectivity index is 1.46. The first-order valence-corrected chi connectivity index (χ1v) is 10.5. The van der Waals surface area contributed by atoms with Crippen molar-refractivity contribution in [3.8, 4) is 11.1 Å². The van der Waals surface area contributed by atoms with Gasteiger partial charge in [-0.25, -0.2) is 8.78 Å². The SMILES string of the molecule is CC(Cc1ccc(-c2ccc(/C=C/c3ccc(F)cc3)c(F)c2)cc1)c1ccccc1. The highest BCUT2D eigenvalue weighted by Gasteiger charge is 2.08. The van der Waals surface area contributed by atoms with Gasteiger partial charge >= 0.3 is 0 Å². The van der Waals surface area contributed by atoms with Crippen LogP contribution in [0.4, 0.5) is 8.78 Å². The molecule has 154 valence electrons. The highest BCUT2D eigenvalue weighted by atomic mass is 19.1. The number of hydrogen-bond acceptors (Lipinski definition) is 0. The molecule has 4 rings (SSSR count). The summed E-state index contributed by atoms with van der Waals surface area (Å²) < 4.78 is 27.6. The minimum absolute atomic E-state index is 0.280. The van der Waals surface area contributed by atoms with Crippen molar-refractivity contribution in [3.05, 3.63) is 131 Å². The number of benzene rings is 4. The van der Waals surface area contributed by atoms with Crippen molar-refractivity contribution in [1.82, 2.24) is 0 Å². The Morgan fingerprint density at radius 3 is 2.06 bits per heavy atom. The van der Waals surface area contributed by atoms with Gasteiger partial charge in [-0.05, 0) is 58.4 Å². The zero-order chi connectivity index (χ0) is 21.6. The Kier molecular flexibility index (Phi) is 6.37. The van der Waals surface area contributed by atoms with E-state index in [-0.39, 0.29) is 11.6 Å². The van der Waals surface area contributed by atoms with E-state index in [0.717, 1.165) is 23.1 Å². The molecule has 4 aromatic rings. The molecule has 0 saturated carbocycles. The highest BCUT2D eigenvalue weighted by molar-refractivity contribution is 5.72. The Morgan fingerprint density at radius 1 is 0.710 bits per heavy atom. The molecule has 0 aliphatic carbocycles. The number of hydrogen-bond donors (Lipinski definition) is 0. The molecule has 0 heterocycles. The lowest BCUT2D eigenvalue weighted by molar-refractivity contribution is 0.625. The fourth-order valence-electron chi connectivity index (χ4n) is 3.69. The van der Waals surface area contributed by atoms with Gasteiger partial charge < -0.3 is 0 Å². The molecule has 0 N–H and O–H groups in total. The van der Waals surface area contributed by atoms with Crippen molar-refractivity contribution in [2.24, 2.45) is 0 Å². The summed E-state index contributed by atoms with van der Waals surface area (Å²) in [5, 5.41) is 0. The zero-order valence-corrected chi connectivity index (χ0v) is 17.4. The summed E-state index contributed by atoms with van der Waals surface area (Å²) in [4.78, 5) is 0. The second kappa shape index (κ2) is 9.53. The summed E-state index contributed by atoms with van der Waals surface area (Å²) >= 11 is 0. The maximum Gasteiger partial charge on any atom is 0.131 e. The molecule has 0 saturated heterocycles. The molecule has 1 atom stereocenters. The fraction of sp³-hybridized carbons (Fsp3) is 0.103. The van der Waals surface area contributed by atoms with Crippen molar-refractivity contribution >= 4 is 12.2 Å². The van der Waals surface area contributed by atoms with E-state index in [4.69, 9.17) is 0 Å². The highest BCUT2D eigenvalue weighted by Crippen LogP contribution is 2.26. The lowest BCUT2D eigenvalue weighted by atomic mass is 9.93. The first-order valence-electron chi connectivity index (χ1n) is 10.5. The Morgan fingerprint density at radius 2 is 1.39 bits per heavy atom. The first-order chi connectivity index (χ1) is 15.1. The zero-order valence-electron chi connectivity index (χ0n) is 17.4. The summed E-state index contributed by atoms with van der Waals surface area (Å²) in [6, 6.07) is 30.2. The standard InChI is InChI=1S/C29H24F2/c1-21(24-5-3-2-4-6-24)19-23-8-12-25(13-9-23)27-16-15-26(29(31)20-27)14-7-22-10-17-28(30)18-11-22/h2-18,20-21H,19H2,1H3/b14-7+. The molecular formula is C29H24F2. The smallest absolute Gasteiger partial charge is 0.131 e. The van der Waals surface area contributed by atoms with E-state index in [1.807, 2.05) is 12.1 Å². The van der Waals surface area contributed by atoms with Crippen LogP contribution in [0.2, 0.25) is 0 Å². The first kappa shape index (κ1) is 20.7. The van der Waals surface area contributed by atoms with Crippen LogP contribution < -0.4 is 0 Å². The van der Waals surface area contributed by atoms with Crippen LogP contribution in [0.1, 0.15) is 35.1 Å². The van der Waals surface area contributed by atoms with Crippen molar-refractivity contribution < 1.29 is 8.78 Å². The predicted octanol–water partition coefficient (Wildman–Crippen LogP) is 8.15. The van der Waals surface area contributed by atoms with Crippen LogP contribution in [0.15, 0.2) is 97.1 Å². The van der Waals surface area contributed by atoms with Gasteiger partial charge in [-0.1, -0.05) is 97.9 Å². The molecule has 1 unspecified atom stereocenters. The second-order valence-electron chi connectivity index (χ2n) is 7.83. The van der Waals surface area contributed by atoms with E-state index in [1.54, 1.807) is 36.4 Å². The summed E-state index contributed by atoms with van der Waals surface area (Å²) in [5.41, 5.74) is 5.76. The molecule has 31 heavy (non-hydrogen) atoms. The van der Waals surface area contributed by atoms with E-state index in [0.29, 0.717) is 11.5 Å². The van der Waals surface area contributed by atoms with E-state index >= 15 is 0 Å². The third-order valence-electron chi connectivity index (χ3n) is 5.52. The summed E-state index contributed by atoms with van der Waals surface area (Å²) in [6.45, 7) is 2.23. The maximum absolute atomic E-state index is 14.6. The Bertz CT molecular complexity index is 1160. The lowest BCUT2D eigenvalue weighted by Crippen LogP contribution is -1.98. The van der Waals surface area contributed by atoms with Crippen molar-refractivity contribution in [2.75, 3.05) is 0 Å².